The summed E-state index contributed by atoms with van der Waals surface area (Å²) in [5.74, 6) is 0.0661. The summed E-state index contributed by atoms with van der Waals surface area (Å²) < 4.78 is 0. The van der Waals surface area contributed by atoms with Crippen LogP contribution in [0.5, 0.6) is 0 Å². The van der Waals surface area contributed by atoms with Crippen molar-refractivity contribution in [3.05, 3.63) is 0 Å². The van der Waals surface area contributed by atoms with Crippen molar-refractivity contribution in [3.63, 3.8) is 0 Å². The molecule has 0 bridgehead atoms. The van der Waals surface area contributed by atoms with Gasteiger partial charge >= 0.3 is 0 Å². The number of rotatable bonds is 3. The molecule has 2 amide bonds. The Labute approximate surface area is 108 Å². The Kier molecular flexibility index (Phi) is 4.22. The number of amides is 2. The van der Waals surface area contributed by atoms with E-state index in [4.69, 9.17) is 5.73 Å². The van der Waals surface area contributed by atoms with E-state index in [1.807, 2.05) is 0 Å². The molecule has 5 heteroatoms. The second-order valence-corrected chi connectivity index (χ2v) is 5.58. The SMILES string of the molecule is NCC1(C(=O)NC2CNC(=O)C2)CCCCCC1. The van der Waals surface area contributed by atoms with Crippen LogP contribution in [0.4, 0.5) is 0 Å². The maximum Gasteiger partial charge on any atom is 0.227 e. The maximum atomic E-state index is 12.4. The minimum absolute atomic E-state index is 0.0166. The lowest BCUT2D eigenvalue weighted by molar-refractivity contribution is -0.132. The molecule has 1 saturated carbocycles. The Morgan fingerprint density at radius 1 is 1.33 bits per heavy atom. The van der Waals surface area contributed by atoms with E-state index in [2.05, 4.69) is 10.6 Å². The smallest absolute Gasteiger partial charge is 0.227 e. The van der Waals surface area contributed by atoms with Crippen molar-refractivity contribution in [2.75, 3.05) is 13.1 Å². The van der Waals surface area contributed by atoms with Gasteiger partial charge in [-0.15, -0.1) is 0 Å². The van der Waals surface area contributed by atoms with Gasteiger partial charge in [-0.25, -0.2) is 0 Å². The van der Waals surface area contributed by atoms with Gasteiger partial charge in [0.2, 0.25) is 11.8 Å². The fourth-order valence-corrected chi connectivity index (χ4v) is 2.97. The summed E-state index contributed by atoms with van der Waals surface area (Å²) in [4.78, 5) is 23.6. The topological polar surface area (TPSA) is 84.2 Å². The first-order valence-electron chi connectivity index (χ1n) is 6.94. The molecule has 0 radical (unpaired) electrons. The molecule has 4 N–H and O–H groups in total. The zero-order chi connectivity index (χ0) is 13.0. The van der Waals surface area contributed by atoms with Crippen LogP contribution in [0.3, 0.4) is 0 Å². The van der Waals surface area contributed by atoms with Gasteiger partial charge in [-0.2, -0.15) is 0 Å². The molecule has 1 saturated heterocycles. The van der Waals surface area contributed by atoms with E-state index in [1.165, 1.54) is 12.8 Å². The second-order valence-electron chi connectivity index (χ2n) is 5.58. The molecule has 2 fully saturated rings. The van der Waals surface area contributed by atoms with Crippen LogP contribution in [0.25, 0.3) is 0 Å². The average molecular weight is 253 g/mol. The zero-order valence-electron chi connectivity index (χ0n) is 10.8. The molecule has 1 aliphatic carbocycles. The number of nitrogens with one attached hydrogen (secondary N) is 2. The lowest BCUT2D eigenvalue weighted by atomic mass is 9.79. The van der Waals surface area contributed by atoms with Crippen molar-refractivity contribution in [2.24, 2.45) is 11.1 Å². The second kappa shape index (κ2) is 5.69. The Morgan fingerprint density at radius 3 is 2.50 bits per heavy atom. The van der Waals surface area contributed by atoms with Gasteiger partial charge in [0.15, 0.2) is 0 Å². The zero-order valence-corrected chi connectivity index (χ0v) is 10.8. The van der Waals surface area contributed by atoms with E-state index in [0.29, 0.717) is 19.5 Å². The summed E-state index contributed by atoms with van der Waals surface area (Å²) in [5.41, 5.74) is 5.47. The third kappa shape index (κ3) is 2.83. The third-order valence-corrected chi connectivity index (χ3v) is 4.25. The van der Waals surface area contributed by atoms with E-state index >= 15 is 0 Å². The first-order chi connectivity index (χ1) is 8.66. The highest BCUT2D eigenvalue weighted by atomic mass is 16.2. The molecule has 0 spiro atoms. The van der Waals surface area contributed by atoms with Gasteiger partial charge in [0.1, 0.15) is 0 Å². The molecule has 102 valence electrons. The molecule has 2 aliphatic rings. The van der Waals surface area contributed by atoms with Crippen molar-refractivity contribution in [1.82, 2.24) is 10.6 Å². The molecule has 1 unspecified atom stereocenters. The highest BCUT2D eigenvalue weighted by molar-refractivity contribution is 5.85. The van der Waals surface area contributed by atoms with Crippen molar-refractivity contribution in [2.45, 2.75) is 51.0 Å². The molecule has 1 heterocycles. The number of carbonyl (C=O) groups excluding carboxylic acids is 2. The van der Waals surface area contributed by atoms with Crippen LogP contribution in [0.2, 0.25) is 0 Å². The number of hydrogen-bond acceptors (Lipinski definition) is 3. The van der Waals surface area contributed by atoms with Crippen molar-refractivity contribution in [1.29, 1.82) is 0 Å². The fourth-order valence-electron chi connectivity index (χ4n) is 2.97. The van der Waals surface area contributed by atoms with Crippen LogP contribution >= 0.6 is 0 Å². The van der Waals surface area contributed by atoms with Gasteiger partial charge < -0.3 is 16.4 Å². The van der Waals surface area contributed by atoms with E-state index in [9.17, 15) is 9.59 Å². The molecule has 0 aromatic carbocycles. The van der Waals surface area contributed by atoms with Gasteiger partial charge in [0.05, 0.1) is 11.5 Å². The summed E-state index contributed by atoms with van der Waals surface area (Å²) in [7, 11) is 0. The molecule has 1 atom stereocenters. The molecular weight excluding hydrogens is 230 g/mol. The molecule has 2 rings (SSSR count). The number of nitrogens with two attached hydrogens (primary N) is 1. The standard InChI is InChI=1S/C13H23N3O2/c14-9-13(5-3-1-2-4-6-13)12(18)16-10-7-11(17)15-8-10/h10H,1-9,14H2,(H,15,17)(H,16,18). The van der Waals surface area contributed by atoms with Crippen LogP contribution in [-0.2, 0) is 9.59 Å². The Hall–Kier alpha value is -1.10. The van der Waals surface area contributed by atoms with Crippen LogP contribution < -0.4 is 16.4 Å². The van der Waals surface area contributed by atoms with Gasteiger partial charge in [-0.05, 0) is 12.8 Å². The van der Waals surface area contributed by atoms with Gasteiger partial charge in [0, 0.05) is 19.5 Å². The lowest BCUT2D eigenvalue weighted by Gasteiger charge is -2.31. The van der Waals surface area contributed by atoms with Crippen LogP contribution in [-0.4, -0.2) is 30.9 Å². The van der Waals surface area contributed by atoms with Gasteiger partial charge in [-0.3, -0.25) is 9.59 Å². The summed E-state index contributed by atoms with van der Waals surface area (Å²) >= 11 is 0. The van der Waals surface area contributed by atoms with Crippen molar-refractivity contribution in [3.8, 4) is 0 Å². The molecular formula is C13H23N3O2. The number of carbonyl (C=O) groups is 2. The maximum absolute atomic E-state index is 12.4. The highest BCUT2D eigenvalue weighted by Gasteiger charge is 2.38. The van der Waals surface area contributed by atoms with E-state index < -0.39 is 5.41 Å². The predicted octanol–water partition coefficient (Wildman–Crippen LogP) is 0.290. The van der Waals surface area contributed by atoms with Crippen LogP contribution in [0.15, 0.2) is 0 Å². The third-order valence-electron chi connectivity index (χ3n) is 4.25. The van der Waals surface area contributed by atoms with Crippen molar-refractivity contribution >= 4 is 11.8 Å². The fraction of sp³-hybridized carbons (Fsp3) is 0.846. The minimum Gasteiger partial charge on any atom is -0.354 e. The molecule has 18 heavy (non-hydrogen) atoms. The van der Waals surface area contributed by atoms with Crippen molar-refractivity contribution < 1.29 is 9.59 Å². The van der Waals surface area contributed by atoms with E-state index in [1.54, 1.807) is 0 Å². The lowest BCUT2D eigenvalue weighted by Crippen LogP contribution is -2.49. The minimum atomic E-state index is -0.401. The Balaban J connectivity index is 1.97. The average Bonchev–Trinajstić information content (AvgIpc) is 2.65. The van der Waals surface area contributed by atoms with Gasteiger partial charge in [0.25, 0.3) is 0 Å². The molecule has 1 aliphatic heterocycles. The first-order valence-corrected chi connectivity index (χ1v) is 6.94. The summed E-state index contributed by atoms with van der Waals surface area (Å²) in [6.07, 6.45) is 6.69. The van der Waals surface area contributed by atoms with Crippen LogP contribution in [0.1, 0.15) is 44.9 Å². The summed E-state index contributed by atoms with van der Waals surface area (Å²) in [6, 6.07) is -0.0586. The quantitative estimate of drug-likeness (QED) is 0.632. The van der Waals surface area contributed by atoms with E-state index in [0.717, 1.165) is 25.7 Å². The number of hydrogen-bond donors (Lipinski definition) is 3. The summed E-state index contributed by atoms with van der Waals surface area (Å²) in [6.45, 7) is 0.957. The highest BCUT2D eigenvalue weighted by Crippen LogP contribution is 2.34. The normalized spacial score (nSPS) is 27.4. The van der Waals surface area contributed by atoms with Gasteiger partial charge in [-0.1, -0.05) is 25.7 Å². The summed E-state index contributed by atoms with van der Waals surface area (Å²) in [5, 5.41) is 5.73. The van der Waals surface area contributed by atoms with E-state index in [-0.39, 0.29) is 17.9 Å². The largest absolute Gasteiger partial charge is 0.354 e. The van der Waals surface area contributed by atoms with Crippen LogP contribution in [0, 0.1) is 5.41 Å². The molecule has 0 aromatic heterocycles. The first kappa shape index (κ1) is 13.3. The Bertz CT molecular complexity index is 322. The molecule has 5 nitrogen and oxygen atoms in total. The Morgan fingerprint density at radius 2 is 2.00 bits per heavy atom. The monoisotopic (exact) mass is 253 g/mol. The predicted molar refractivity (Wildman–Crippen MR) is 68.7 cm³/mol. The molecule has 0 aromatic rings.